The molecule has 1 aliphatic carbocycles. The van der Waals surface area contributed by atoms with E-state index in [4.69, 9.17) is 27.9 Å². The largest absolute Gasteiger partial charge is 0.371 e. The average molecular weight is 343 g/mol. The van der Waals surface area contributed by atoms with Gasteiger partial charge in [0.05, 0.1) is 22.8 Å². The third-order valence-corrected chi connectivity index (χ3v) is 4.80. The summed E-state index contributed by atoms with van der Waals surface area (Å²) in [5, 5.41) is 4.12. The van der Waals surface area contributed by atoms with Crippen molar-refractivity contribution in [1.82, 2.24) is 10.2 Å². The van der Waals surface area contributed by atoms with E-state index in [-0.39, 0.29) is 12.0 Å². The van der Waals surface area contributed by atoms with Crippen molar-refractivity contribution >= 4 is 29.1 Å². The van der Waals surface area contributed by atoms with Crippen LogP contribution in [0.1, 0.15) is 30.9 Å². The lowest BCUT2D eigenvalue weighted by molar-refractivity contribution is -0.122. The molecule has 1 aromatic rings. The molecule has 3 rings (SSSR count). The predicted molar refractivity (Wildman–Crippen MR) is 87.4 cm³/mol. The maximum atomic E-state index is 11.8. The molecular formula is C16H20Cl2N2O2. The van der Waals surface area contributed by atoms with Gasteiger partial charge in [-0.3, -0.25) is 9.69 Å². The molecule has 1 amide bonds. The molecule has 1 saturated heterocycles. The summed E-state index contributed by atoms with van der Waals surface area (Å²) < 4.78 is 5.83. The number of carbonyl (C=O) groups excluding carboxylic acids is 1. The highest BCUT2D eigenvalue weighted by Crippen LogP contribution is 2.29. The summed E-state index contributed by atoms with van der Waals surface area (Å²) in [7, 11) is 0. The highest BCUT2D eigenvalue weighted by molar-refractivity contribution is 6.42. The molecule has 1 aromatic carbocycles. The maximum Gasteiger partial charge on any atom is 0.221 e. The van der Waals surface area contributed by atoms with E-state index in [9.17, 15) is 4.79 Å². The maximum absolute atomic E-state index is 11.8. The van der Waals surface area contributed by atoms with E-state index >= 15 is 0 Å². The first kappa shape index (κ1) is 16.1. The molecule has 1 atom stereocenters. The minimum atomic E-state index is -0.0185. The van der Waals surface area contributed by atoms with Crippen LogP contribution in [-0.4, -0.2) is 43.1 Å². The minimum Gasteiger partial charge on any atom is -0.371 e. The van der Waals surface area contributed by atoms with Gasteiger partial charge < -0.3 is 10.1 Å². The third-order valence-electron chi connectivity index (χ3n) is 4.06. The smallest absolute Gasteiger partial charge is 0.221 e. The van der Waals surface area contributed by atoms with Crippen molar-refractivity contribution in [2.75, 3.05) is 26.2 Å². The quantitative estimate of drug-likeness (QED) is 0.894. The molecule has 22 heavy (non-hydrogen) atoms. The summed E-state index contributed by atoms with van der Waals surface area (Å²) in [6.07, 6.45) is 2.78. The topological polar surface area (TPSA) is 41.6 Å². The van der Waals surface area contributed by atoms with Gasteiger partial charge in [0.2, 0.25) is 5.91 Å². The van der Waals surface area contributed by atoms with Crippen molar-refractivity contribution in [2.45, 2.75) is 31.4 Å². The molecule has 0 bridgehead atoms. The van der Waals surface area contributed by atoms with Crippen LogP contribution in [0.2, 0.25) is 10.0 Å². The fraction of sp³-hybridized carbons (Fsp3) is 0.562. The van der Waals surface area contributed by atoms with Gasteiger partial charge in [-0.2, -0.15) is 0 Å². The van der Waals surface area contributed by atoms with Crippen LogP contribution in [0.5, 0.6) is 0 Å². The summed E-state index contributed by atoms with van der Waals surface area (Å²) in [5.74, 6) is 0.153. The molecular weight excluding hydrogens is 323 g/mol. The van der Waals surface area contributed by atoms with Crippen LogP contribution >= 0.6 is 23.2 Å². The second-order valence-corrected chi connectivity index (χ2v) is 6.74. The van der Waals surface area contributed by atoms with Gasteiger partial charge in [0.15, 0.2) is 0 Å². The van der Waals surface area contributed by atoms with Crippen LogP contribution in [0.25, 0.3) is 0 Å². The summed E-state index contributed by atoms with van der Waals surface area (Å²) in [5.41, 5.74) is 1.03. The fourth-order valence-corrected chi connectivity index (χ4v) is 2.91. The number of rotatable bonds is 5. The number of benzene rings is 1. The van der Waals surface area contributed by atoms with Crippen LogP contribution in [-0.2, 0) is 9.53 Å². The lowest BCUT2D eigenvalue weighted by Gasteiger charge is -2.33. The number of hydrogen-bond acceptors (Lipinski definition) is 3. The van der Waals surface area contributed by atoms with Gasteiger partial charge in [-0.1, -0.05) is 29.3 Å². The Labute approximate surface area is 140 Å². The monoisotopic (exact) mass is 342 g/mol. The summed E-state index contributed by atoms with van der Waals surface area (Å²) in [6, 6.07) is 6.03. The third kappa shape index (κ3) is 4.35. The summed E-state index contributed by atoms with van der Waals surface area (Å²) >= 11 is 12.0. The number of halogens is 2. The second kappa shape index (κ2) is 7.18. The lowest BCUT2D eigenvalue weighted by atomic mass is 10.1. The molecule has 0 spiro atoms. The number of morpholine rings is 1. The molecule has 1 aliphatic heterocycles. The van der Waals surface area contributed by atoms with Gasteiger partial charge in [0.25, 0.3) is 0 Å². The Kier molecular flexibility index (Phi) is 5.24. The molecule has 0 radical (unpaired) electrons. The standard InChI is InChI=1S/C16H20Cl2N2O2/c17-13-4-1-11(9-14(13)18)15-10-20(7-8-22-15)6-5-16(21)19-12-2-3-12/h1,4,9,12,15H,2-3,5-8,10H2,(H,19,21)/t15-/m1/s1. The molecule has 1 saturated carbocycles. The Bertz CT molecular complexity index is 549. The number of hydrogen-bond donors (Lipinski definition) is 1. The van der Waals surface area contributed by atoms with Gasteiger partial charge in [-0.15, -0.1) is 0 Å². The van der Waals surface area contributed by atoms with Crippen LogP contribution in [0.4, 0.5) is 0 Å². The van der Waals surface area contributed by atoms with Crippen LogP contribution < -0.4 is 5.32 Å². The highest BCUT2D eigenvalue weighted by atomic mass is 35.5. The zero-order valence-electron chi connectivity index (χ0n) is 12.4. The lowest BCUT2D eigenvalue weighted by Crippen LogP contribution is -2.40. The number of nitrogens with one attached hydrogen (secondary N) is 1. The highest BCUT2D eigenvalue weighted by Gasteiger charge is 2.25. The summed E-state index contributed by atoms with van der Waals surface area (Å²) in [4.78, 5) is 14.0. The van der Waals surface area contributed by atoms with Gasteiger partial charge in [0, 0.05) is 32.1 Å². The Morgan fingerprint density at radius 2 is 2.14 bits per heavy atom. The van der Waals surface area contributed by atoms with Crippen molar-refractivity contribution in [2.24, 2.45) is 0 Å². The first-order chi connectivity index (χ1) is 10.6. The Morgan fingerprint density at radius 1 is 1.32 bits per heavy atom. The molecule has 6 heteroatoms. The molecule has 0 aromatic heterocycles. The van der Waals surface area contributed by atoms with E-state index in [0.717, 1.165) is 38.0 Å². The molecule has 120 valence electrons. The number of ether oxygens (including phenoxy) is 1. The van der Waals surface area contributed by atoms with Gasteiger partial charge >= 0.3 is 0 Å². The molecule has 1 heterocycles. The Balaban J connectivity index is 1.51. The Hall–Kier alpha value is -0.810. The van der Waals surface area contributed by atoms with Crippen LogP contribution in [0, 0.1) is 0 Å². The molecule has 1 N–H and O–H groups in total. The molecule has 4 nitrogen and oxygen atoms in total. The zero-order chi connectivity index (χ0) is 15.5. The minimum absolute atomic E-state index is 0.0185. The predicted octanol–water partition coefficient (Wildman–Crippen LogP) is 3.04. The average Bonchev–Trinajstić information content (AvgIpc) is 3.32. The second-order valence-electron chi connectivity index (χ2n) is 5.93. The van der Waals surface area contributed by atoms with Crippen molar-refractivity contribution in [3.05, 3.63) is 33.8 Å². The number of nitrogens with zero attached hydrogens (tertiary/aromatic N) is 1. The van der Waals surface area contributed by atoms with Crippen molar-refractivity contribution in [3.8, 4) is 0 Å². The normalized spacial score (nSPS) is 22.5. The summed E-state index contributed by atoms with van der Waals surface area (Å²) in [6.45, 7) is 3.05. The first-order valence-electron chi connectivity index (χ1n) is 7.70. The number of carbonyl (C=O) groups is 1. The molecule has 0 unspecified atom stereocenters. The molecule has 2 aliphatic rings. The van der Waals surface area contributed by atoms with E-state index in [1.807, 2.05) is 12.1 Å². The van der Waals surface area contributed by atoms with E-state index in [1.54, 1.807) is 6.07 Å². The van der Waals surface area contributed by atoms with Crippen LogP contribution in [0.3, 0.4) is 0 Å². The van der Waals surface area contributed by atoms with Crippen molar-refractivity contribution < 1.29 is 9.53 Å². The van der Waals surface area contributed by atoms with Gasteiger partial charge in [0.1, 0.15) is 0 Å². The zero-order valence-corrected chi connectivity index (χ0v) is 13.9. The van der Waals surface area contributed by atoms with E-state index in [1.165, 1.54) is 0 Å². The first-order valence-corrected chi connectivity index (χ1v) is 8.45. The Morgan fingerprint density at radius 3 is 2.86 bits per heavy atom. The van der Waals surface area contributed by atoms with E-state index < -0.39 is 0 Å². The SMILES string of the molecule is O=C(CCN1CCO[C@@H](c2ccc(Cl)c(Cl)c2)C1)NC1CC1. The van der Waals surface area contributed by atoms with Crippen LogP contribution in [0.15, 0.2) is 18.2 Å². The van der Waals surface area contributed by atoms with Gasteiger partial charge in [-0.05, 0) is 30.5 Å². The molecule has 2 fully saturated rings. The van der Waals surface area contributed by atoms with Crippen molar-refractivity contribution in [1.29, 1.82) is 0 Å². The van der Waals surface area contributed by atoms with E-state index in [0.29, 0.717) is 29.1 Å². The van der Waals surface area contributed by atoms with Crippen molar-refractivity contribution in [3.63, 3.8) is 0 Å². The number of amides is 1. The van der Waals surface area contributed by atoms with Gasteiger partial charge in [-0.25, -0.2) is 0 Å². The van der Waals surface area contributed by atoms with E-state index in [2.05, 4.69) is 10.2 Å². The fourth-order valence-electron chi connectivity index (χ4n) is 2.61.